The normalized spacial score (nSPS) is 27.9. The standard InChI is InChI=1S/C11H23NO2S/c1-3-10-5-4-6-11(9-10)12-7-8-15(2,13)14/h10-12H,3-9H2,1-2H3. The van der Waals surface area contributed by atoms with E-state index in [1.54, 1.807) is 0 Å². The molecule has 1 saturated carbocycles. The molecule has 2 unspecified atom stereocenters. The van der Waals surface area contributed by atoms with Gasteiger partial charge in [0, 0.05) is 18.8 Å². The highest BCUT2D eigenvalue weighted by Crippen LogP contribution is 2.26. The van der Waals surface area contributed by atoms with Gasteiger partial charge in [-0.1, -0.05) is 26.2 Å². The van der Waals surface area contributed by atoms with Crippen molar-refractivity contribution in [2.75, 3.05) is 18.6 Å². The van der Waals surface area contributed by atoms with Gasteiger partial charge in [0.15, 0.2) is 0 Å². The molecule has 0 amide bonds. The van der Waals surface area contributed by atoms with E-state index in [0.717, 1.165) is 5.92 Å². The van der Waals surface area contributed by atoms with Gasteiger partial charge in [-0.05, 0) is 18.8 Å². The predicted molar refractivity (Wildman–Crippen MR) is 63.8 cm³/mol. The third-order valence-corrected chi connectivity index (χ3v) is 4.21. The van der Waals surface area contributed by atoms with Crippen LogP contribution in [0.1, 0.15) is 39.0 Å². The second-order valence-corrected chi connectivity index (χ2v) is 6.98. The van der Waals surface area contributed by atoms with Crippen LogP contribution in [0.4, 0.5) is 0 Å². The summed E-state index contributed by atoms with van der Waals surface area (Å²) in [5.41, 5.74) is 0. The zero-order valence-corrected chi connectivity index (χ0v) is 10.6. The summed E-state index contributed by atoms with van der Waals surface area (Å²) in [6, 6.07) is 0.547. The molecule has 0 aromatic rings. The first-order valence-corrected chi connectivity index (χ1v) is 7.98. The van der Waals surface area contributed by atoms with Crippen molar-refractivity contribution in [3.05, 3.63) is 0 Å². The average molecular weight is 233 g/mol. The Morgan fingerprint density at radius 1 is 1.33 bits per heavy atom. The molecule has 0 bridgehead atoms. The first-order chi connectivity index (χ1) is 7.01. The lowest BCUT2D eigenvalue weighted by atomic mass is 9.84. The summed E-state index contributed by atoms with van der Waals surface area (Å²) in [6.07, 6.45) is 7.62. The third kappa shape index (κ3) is 5.52. The van der Waals surface area contributed by atoms with Crippen LogP contribution < -0.4 is 5.32 Å². The molecule has 3 nitrogen and oxygen atoms in total. The van der Waals surface area contributed by atoms with Gasteiger partial charge in [0.2, 0.25) is 0 Å². The Bertz CT molecular complexity index is 274. The lowest BCUT2D eigenvalue weighted by Crippen LogP contribution is -2.36. The summed E-state index contributed by atoms with van der Waals surface area (Å²) < 4.78 is 21.9. The van der Waals surface area contributed by atoms with Crippen LogP contribution in [0.25, 0.3) is 0 Å². The highest BCUT2D eigenvalue weighted by molar-refractivity contribution is 7.90. The second kappa shape index (κ2) is 5.85. The quantitative estimate of drug-likeness (QED) is 0.784. The van der Waals surface area contributed by atoms with Gasteiger partial charge in [-0.25, -0.2) is 8.42 Å². The van der Waals surface area contributed by atoms with E-state index in [1.165, 1.54) is 38.4 Å². The Labute approximate surface area is 93.6 Å². The van der Waals surface area contributed by atoms with Crippen LogP contribution >= 0.6 is 0 Å². The van der Waals surface area contributed by atoms with E-state index in [2.05, 4.69) is 12.2 Å². The molecule has 1 aliphatic rings. The fourth-order valence-corrected chi connectivity index (χ4v) is 2.78. The molecule has 15 heavy (non-hydrogen) atoms. The van der Waals surface area contributed by atoms with Crippen LogP contribution in [0.15, 0.2) is 0 Å². The smallest absolute Gasteiger partial charge is 0.148 e. The summed E-state index contributed by atoms with van der Waals surface area (Å²) >= 11 is 0. The minimum absolute atomic E-state index is 0.264. The SMILES string of the molecule is CCC1CCCC(NCCS(C)(=O)=O)C1. The zero-order chi connectivity index (χ0) is 11.3. The van der Waals surface area contributed by atoms with Gasteiger partial charge >= 0.3 is 0 Å². The molecule has 0 aliphatic heterocycles. The molecule has 0 aromatic heterocycles. The fraction of sp³-hybridized carbons (Fsp3) is 1.00. The maximum Gasteiger partial charge on any atom is 0.148 e. The zero-order valence-electron chi connectivity index (χ0n) is 9.83. The number of nitrogens with one attached hydrogen (secondary N) is 1. The molecular formula is C11H23NO2S. The maximum atomic E-state index is 11.0. The minimum atomic E-state index is -2.81. The van der Waals surface area contributed by atoms with Crippen molar-refractivity contribution in [2.24, 2.45) is 5.92 Å². The largest absolute Gasteiger partial charge is 0.313 e. The van der Waals surface area contributed by atoms with Gasteiger partial charge in [0.25, 0.3) is 0 Å². The highest BCUT2D eigenvalue weighted by atomic mass is 32.2. The van der Waals surface area contributed by atoms with Crippen LogP contribution in [0.2, 0.25) is 0 Å². The van der Waals surface area contributed by atoms with Crippen molar-refractivity contribution in [1.82, 2.24) is 5.32 Å². The topological polar surface area (TPSA) is 46.2 Å². The molecule has 1 rings (SSSR count). The van der Waals surface area contributed by atoms with E-state index in [0.29, 0.717) is 12.6 Å². The lowest BCUT2D eigenvalue weighted by molar-refractivity contribution is 0.282. The molecule has 4 heteroatoms. The molecule has 1 N–H and O–H groups in total. The Hall–Kier alpha value is -0.0900. The van der Waals surface area contributed by atoms with Crippen LogP contribution in [-0.4, -0.2) is 33.0 Å². The van der Waals surface area contributed by atoms with Crippen LogP contribution in [0, 0.1) is 5.92 Å². The Balaban J connectivity index is 2.21. The first kappa shape index (κ1) is 13.0. The van der Waals surface area contributed by atoms with Crippen LogP contribution in [0.5, 0.6) is 0 Å². The van der Waals surface area contributed by atoms with Gasteiger partial charge < -0.3 is 5.32 Å². The van der Waals surface area contributed by atoms with E-state index >= 15 is 0 Å². The van der Waals surface area contributed by atoms with E-state index in [1.807, 2.05) is 0 Å². The third-order valence-electron chi connectivity index (χ3n) is 3.27. The van der Waals surface area contributed by atoms with Gasteiger partial charge in [-0.2, -0.15) is 0 Å². The molecule has 0 heterocycles. The van der Waals surface area contributed by atoms with Gasteiger partial charge in [-0.15, -0.1) is 0 Å². The molecule has 2 atom stereocenters. The van der Waals surface area contributed by atoms with Gasteiger partial charge in [-0.3, -0.25) is 0 Å². The molecule has 1 fully saturated rings. The monoisotopic (exact) mass is 233 g/mol. The van der Waals surface area contributed by atoms with Gasteiger partial charge in [0.05, 0.1) is 5.75 Å². The van der Waals surface area contributed by atoms with E-state index in [9.17, 15) is 8.42 Å². The average Bonchev–Trinajstić information content (AvgIpc) is 2.16. The van der Waals surface area contributed by atoms with Gasteiger partial charge in [0.1, 0.15) is 9.84 Å². The van der Waals surface area contributed by atoms with Crippen molar-refractivity contribution >= 4 is 9.84 Å². The molecule has 0 aromatic carbocycles. The highest BCUT2D eigenvalue weighted by Gasteiger charge is 2.20. The van der Waals surface area contributed by atoms with E-state index < -0.39 is 9.84 Å². The molecular weight excluding hydrogens is 210 g/mol. The molecule has 0 spiro atoms. The van der Waals surface area contributed by atoms with Crippen molar-refractivity contribution in [3.8, 4) is 0 Å². The second-order valence-electron chi connectivity index (χ2n) is 4.72. The van der Waals surface area contributed by atoms with Crippen molar-refractivity contribution < 1.29 is 8.42 Å². The lowest BCUT2D eigenvalue weighted by Gasteiger charge is -2.29. The molecule has 0 radical (unpaired) electrons. The number of sulfone groups is 1. The summed E-state index contributed by atoms with van der Waals surface area (Å²) in [6.45, 7) is 2.85. The number of hydrogen-bond acceptors (Lipinski definition) is 3. The minimum Gasteiger partial charge on any atom is -0.313 e. The van der Waals surface area contributed by atoms with Crippen LogP contribution in [0.3, 0.4) is 0 Å². The first-order valence-electron chi connectivity index (χ1n) is 5.92. The molecule has 1 aliphatic carbocycles. The van der Waals surface area contributed by atoms with Crippen molar-refractivity contribution in [3.63, 3.8) is 0 Å². The van der Waals surface area contributed by atoms with Crippen molar-refractivity contribution in [2.45, 2.75) is 45.1 Å². The predicted octanol–water partition coefficient (Wildman–Crippen LogP) is 1.59. The summed E-state index contributed by atoms with van der Waals surface area (Å²) in [5, 5.41) is 3.36. The summed E-state index contributed by atoms with van der Waals surface area (Å²) in [7, 11) is -2.81. The summed E-state index contributed by atoms with van der Waals surface area (Å²) in [4.78, 5) is 0. The van der Waals surface area contributed by atoms with Crippen LogP contribution in [-0.2, 0) is 9.84 Å². The number of hydrogen-bond donors (Lipinski definition) is 1. The van der Waals surface area contributed by atoms with E-state index in [-0.39, 0.29) is 5.75 Å². The molecule has 90 valence electrons. The molecule has 0 saturated heterocycles. The Morgan fingerprint density at radius 3 is 2.67 bits per heavy atom. The van der Waals surface area contributed by atoms with Crippen molar-refractivity contribution in [1.29, 1.82) is 0 Å². The maximum absolute atomic E-state index is 11.0. The summed E-state index contributed by atoms with van der Waals surface area (Å²) in [5.74, 6) is 1.11. The Morgan fingerprint density at radius 2 is 2.07 bits per heavy atom. The number of rotatable bonds is 5. The fourth-order valence-electron chi connectivity index (χ4n) is 2.30. The van der Waals surface area contributed by atoms with E-state index in [4.69, 9.17) is 0 Å². The Kier molecular flexibility index (Phi) is 5.06.